The molecule has 3 aromatic rings. The first-order valence-corrected chi connectivity index (χ1v) is 24.0. The van der Waals surface area contributed by atoms with Crippen molar-refractivity contribution in [1.82, 2.24) is 25.0 Å². The van der Waals surface area contributed by atoms with E-state index >= 15 is 0 Å². The smallest absolute Gasteiger partial charge is 0.257 e. The molecule has 1 aromatic heterocycles. The normalized spacial score (nSPS) is 18.2. The number of nitrogens with one attached hydrogen (secondary N) is 2. The number of rotatable bonds is 22. The number of carbonyl (C=O) groups excluding carboxylic acids is 3. The molecular weight excluding hydrogens is 830 g/mol. The van der Waals surface area contributed by atoms with Crippen LogP contribution in [0.25, 0.3) is 16.5 Å². The minimum absolute atomic E-state index is 0.0582. The third-order valence-electron chi connectivity index (χ3n) is 12.2. The molecule has 352 valence electrons. The van der Waals surface area contributed by atoms with Crippen LogP contribution in [0.4, 0.5) is 4.39 Å². The molecule has 0 bridgehead atoms. The molecule has 10 nitrogen and oxygen atoms in total. The van der Waals surface area contributed by atoms with Gasteiger partial charge >= 0.3 is 0 Å². The van der Waals surface area contributed by atoms with Gasteiger partial charge in [0, 0.05) is 79.8 Å². The van der Waals surface area contributed by atoms with Gasteiger partial charge in [0.2, 0.25) is 5.91 Å². The number of fused-ring (bicyclic) bond motifs is 3. The Labute approximate surface area is 391 Å². The number of hydrogen-bond donors (Lipinski definition) is 2. The number of carbonyl (C=O) groups is 3. The third-order valence-corrected chi connectivity index (χ3v) is 12.2. The van der Waals surface area contributed by atoms with Crippen molar-refractivity contribution in [2.24, 2.45) is 0 Å². The number of aromatic nitrogens is 1. The Morgan fingerprint density at radius 1 is 0.848 bits per heavy atom. The van der Waals surface area contributed by atoms with Crippen molar-refractivity contribution in [3.63, 3.8) is 0 Å². The average Bonchev–Trinajstić information content (AvgIpc) is 3.92. The average molecular weight is 900 g/mol. The molecule has 0 spiro atoms. The summed E-state index contributed by atoms with van der Waals surface area (Å²) in [5.41, 5.74) is 2.10. The van der Waals surface area contributed by atoms with Gasteiger partial charge in [-0.15, -0.1) is 0 Å². The molecule has 2 fully saturated rings. The number of halogens is 1. The lowest BCUT2D eigenvalue weighted by molar-refractivity contribution is -0.130. The molecule has 1 atom stereocenters. The zero-order valence-electron chi connectivity index (χ0n) is 39.3. The molecule has 2 N–H and O–H groups in total. The number of ether oxygens (including phenoxy) is 2. The van der Waals surface area contributed by atoms with Gasteiger partial charge < -0.3 is 29.6 Å². The maximum absolute atomic E-state index is 14.5. The fraction of sp³-hybridized carbons (Fsp3) is 0.436. The summed E-state index contributed by atoms with van der Waals surface area (Å²) in [4.78, 5) is 51.0. The second-order valence-electron chi connectivity index (χ2n) is 17.9. The maximum atomic E-state index is 14.5. The fourth-order valence-electron chi connectivity index (χ4n) is 8.68. The zero-order valence-corrected chi connectivity index (χ0v) is 39.3. The standard InChI is InChI=1S/C55H70FN5O5/c1-4-5-6-7-8-9-10-11-12-13-14-15-16-17-18-19-20-21-22-24-50(62)60-33-31-45(40-60)57-53(63)48-41-61(42-55(2,3)51-47-30-27-44(56)39-49(47)58-52(48)51)54(64)43-25-28-46(29-26-43)66-36-23-32-59-34-37-65-38-35-59/h5-6,8-9,11-12,14-15,17-18,20-21,25-30,39,41,45,58H,4,7,10,13,16,19,22-24,31-38,40,42H2,1-3H3,(H,57,63)/b6-5-,9-8-,12-11-,15-14-,18-17-,21-20-/t45-/m1/s1. The number of hydrogen-bond acceptors (Lipinski definition) is 6. The number of morpholine rings is 1. The Balaban J connectivity index is 0.994. The molecule has 3 amide bonds. The Bertz CT molecular complexity index is 2280. The van der Waals surface area contributed by atoms with Crippen LogP contribution in [0.5, 0.6) is 5.75 Å². The summed E-state index contributed by atoms with van der Waals surface area (Å²) >= 11 is 0. The van der Waals surface area contributed by atoms with Crippen LogP contribution < -0.4 is 10.1 Å². The largest absolute Gasteiger partial charge is 0.494 e. The number of H-pyrrole nitrogens is 1. The molecule has 3 aliphatic rings. The van der Waals surface area contributed by atoms with Gasteiger partial charge in [-0.05, 0) is 106 Å². The highest BCUT2D eigenvalue weighted by molar-refractivity contribution is 6.21. The van der Waals surface area contributed by atoms with Crippen LogP contribution in [-0.4, -0.2) is 103 Å². The highest BCUT2D eigenvalue weighted by Gasteiger charge is 2.38. The predicted octanol–water partition coefficient (Wildman–Crippen LogP) is 10.4. The molecule has 11 heteroatoms. The van der Waals surface area contributed by atoms with E-state index in [4.69, 9.17) is 9.47 Å². The van der Waals surface area contributed by atoms with Gasteiger partial charge in [-0.1, -0.05) is 93.7 Å². The second kappa shape index (κ2) is 25.8. The zero-order chi connectivity index (χ0) is 46.6. The van der Waals surface area contributed by atoms with Crippen LogP contribution in [0.15, 0.2) is 122 Å². The summed E-state index contributed by atoms with van der Waals surface area (Å²) in [6.07, 6.45) is 35.9. The molecule has 0 unspecified atom stereocenters. The van der Waals surface area contributed by atoms with E-state index in [0.717, 1.165) is 88.7 Å². The van der Waals surface area contributed by atoms with Crippen LogP contribution in [0.1, 0.15) is 107 Å². The van der Waals surface area contributed by atoms with E-state index in [1.54, 1.807) is 29.3 Å². The quantitative estimate of drug-likeness (QED) is 0.0768. The lowest BCUT2D eigenvalue weighted by atomic mass is 9.81. The van der Waals surface area contributed by atoms with E-state index in [1.807, 2.05) is 30.9 Å². The van der Waals surface area contributed by atoms with E-state index < -0.39 is 5.41 Å². The minimum atomic E-state index is -0.622. The fourth-order valence-corrected chi connectivity index (χ4v) is 8.68. The predicted molar refractivity (Wildman–Crippen MR) is 265 cm³/mol. The van der Waals surface area contributed by atoms with E-state index in [9.17, 15) is 18.8 Å². The third kappa shape index (κ3) is 14.9. The second-order valence-corrected chi connectivity index (χ2v) is 17.9. The number of amides is 3. The Morgan fingerprint density at radius 3 is 2.14 bits per heavy atom. The molecule has 2 saturated heterocycles. The van der Waals surface area contributed by atoms with Crippen molar-refractivity contribution in [1.29, 1.82) is 0 Å². The van der Waals surface area contributed by atoms with Gasteiger partial charge in [0.15, 0.2) is 0 Å². The monoisotopic (exact) mass is 900 g/mol. The first-order chi connectivity index (χ1) is 32.1. The van der Waals surface area contributed by atoms with Crippen LogP contribution in [0.3, 0.4) is 0 Å². The van der Waals surface area contributed by atoms with E-state index in [-0.39, 0.29) is 41.7 Å². The molecule has 0 saturated carbocycles. The van der Waals surface area contributed by atoms with E-state index in [1.165, 1.54) is 12.1 Å². The minimum Gasteiger partial charge on any atom is -0.494 e. The lowest BCUT2D eigenvalue weighted by Gasteiger charge is -2.29. The van der Waals surface area contributed by atoms with Crippen LogP contribution in [0, 0.1) is 5.82 Å². The van der Waals surface area contributed by atoms with Gasteiger partial charge in [0.05, 0.1) is 31.1 Å². The molecule has 6 rings (SSSR count). The van der Waals surface area contributed by atoms with Crippen LogP contribution in [-0.2, 0) is 19.7 Å². The van der Waals surface area contributed by atoms with Crippen molar-refractivity contribution < 1.29 is 28.2 Å². The van der Waals surface area contributed by atoms with Gasteiger partial charge in [0.1, 0.15) is 11.6 Å². The topological polar surface area (TPSA) is 107 Å². The molecule has 2 aromatic carbocycles. The molecule has 3 aliphatic heterocycles. The molecule has 0 radical (unpaired) electrons. The summed E-state index contributed by atoms with van der Waals surface area (Å²) < 4.78 is 25.9. The summed E-state index contributed by atoms with van der Waals surface area (Å²) in [5.74, 6) is -0.256. The van der Waals surface area contributed by atoms with E-state index in [2.05, 4.69) is 95.0 Å². The van der Waals surface area contributed by atoms with Crippen molar-refractivity contribution in [3.8, 4) is 5.75 Å². The summed E-state index contributed by atoms with van der Waals surface area (Å²) in [5, 5.41) is 3.97. The first kappa shape index (κ1) is 49.6. The van der Waals surface area contributed by atoms with Crippen LogP contribution in [0.2, 0.25) is 0 Å². The van der Waals surface area contributed by atoms with E-state index in [0.29, 0.717) is 61.5 Å². The van der Waals surface area contributed by atoms with Gasteiger partial charge in [0.25, 0.3) is 11.8 Å². The molecule has 4 heterocycles. The number of nitrogens with zero attached hydrogens (tertiary/aromatic N) is 3. The van der Waals surface area contributed by atoms with Crippen molar-refractivity contribution in [2.75, 3.05) is 59.1 Å². The Kier molecular flexibility index (Phi) is 19.4. The van der Waals surface area contributed by atoms with Crippen molar-refractivity contribution in [3.05, 3.63) is 144 Å². The Morgan fingerprint density at radius 2 is 1.48 bits per heavy atom. The molecule has 66 heavy (non-hydrogen) atoms. The molecule has 0 aliphatic carbocycles. The van der Waals surface area contributed by atoms with Gasteiger partial charge in [-0.2, -0.15) is 0 Å². The lowest BCUT2D eigenvalue weighted by Crippen LogP contribution is -2.39. The van der Waals surface area contributed by atoms with Gasteiger partial charge in [-0.3, -0.25) is 19.3 Å². The molecular formula is C55H70FN5O5. The van der Waals surface area contributed by atoms with Crippen molar-refractivity contribution >= 4 is 34.2 Å². The maximum Gasteiger partial charge on any atom is 0.257 e. The summed E-state index contributed by atoms with van der Waals surface area (Å²) in [6.45, 7) is 12.4. The number of benzene rings is 2. The highest BCUT2D eigenvalue weighted by Crippen LogP contribution is 2.40. The Hall–Kier alpha value is -5.78. The number of aromatic amines is 1. The SMILES string of the molecule is CC/C=C\C/C=C\C/C=C\C/C=C\C/C=C\C/C=C\CCC(=O)N1CC[C@@H](NC(=O)C2=CN(C(=O)c3ccc(OCCCN4CCOCC4)cc3)CC(C)(C)c3c2[nH]c2cc(F)ccc32)C1. The number of allylic oxidation sites excluding steroid dienone is 12. The van der Waals surface area contributed by atoms with Crippen molar-refractivity contribution in [2.45, 2.75) is 96.4 Å². The number of likely N-dealkylation sites (tertiary alicyclic amines) is 1. The highest BCUT2D eigenvalue weighted by atomic mass is 19.1. The summed E-state index contributed by atoms with van der Waals surface area (Å²) in [6, 6.07) is 11.5. The van der Waals surface area contributed by atoms with Gasteiger partial charge in [-0.25, -0.2) is 4.39 Å². The first-order valence-electron chi connectivity index (χ1n) is 24.0. The van der Waals surface area contributed by atoms with Crippen LogP contribution >= 0.6 is 0 Å². The summed E-state index contributed by atoms with van der Waals surface area (Å²) in [7, 11) is 0.